The summed E-state index contributed by atoms with van der Waals surface area (Å²) in [5, 5.41) is 22.4. The molecule has 112 valence electrons. The van der Waals surface area contributed by atoms with Gasteiger partial charge < -0.3 is 5.11 Å². The molecule has 0 bridgehead atoms. The number of benzene rings is 2. The maximum atomic E-state index is 10.9. The number of aryl methyl sites for hydroxylation is 1. The molecule has 3 aromatic rings. The minimum absolute atomic E-state index is 0.103. The van der Waals surface area contributed by atoms with Gasteiger partial charge in [0, 0.05) is 6.20 Å². The number of carboxylic acid groups (broad SMARTS) is 1. The van der Waals surface area contributed by atoms with Crippen molar-refractivity contribution in [2.24, 2.45) is 0 Å². The summed E-state index contributed by atoms with van der Waals surface area (Å²) in [7, 11) is 0. The Morgan fingerprint density at radius 3 is 2.57 bits per heavy atom. The summed E-state index contributed by atoms with van der Waals surface area (Å²) in [5.74, 6) is -1.03. The zero-order valence-electron chi connectivity index (χ0n) is 12.4. The van der Waals surface area contributed by atoms with Crippen LogP contribution in [0.2, 0.25) is 0 Å². The fraction of sp³-hybridized carbons (Fsp3) is 0.0556. The number of aromatic carboxylic acids is 1. The quantitative estimate of drug-likeness (QED) is 0.804. The summed E-state index contributed by atoms with van der Waals surface area (Å²) in [6, 6.07) is 15.5. The van der Waals surface area contributed by atoms with Crippen LogP contribution in [0.25, 0.3) is 16.8 Å². The molecule has 0 saturated carbocycles. The predicted molar refractivity (Wildman–Crippen MR) is 85.4 cm³/mol. The number of nitrogens with zero attached hydrogens (tertiary/aromatic N) is 3. The van der Waals surface area contributed by atoms with Crippen LogP contribution in [0.15, 0.2) is 54.9 Å². The number of hydrogen-bond acceptors (Lipinski definition) is 3. The van der Waals surface area contributed by atoms with Crippen LogP contribution in [-0.2, 0) is 0 Å². The second kappa shape index (κ2) is 5.78. The molecule has 5 heteroatoms. The molecule has 0 aliphatic carbocycles. The van der Waals surface area contributed by atoms with E-state index in [9.17, 15) is 10.1 Å². The molecule has 2 aromatic carbocycles. The highest BCUT2D eigenvalue weighted by molar-refractivity contribution is 5.87. The summed E-state index contributed by atoms with van der Waals surface area (Å²) in [5.41, 5.74) is 4.21. The lowest BCUT2D eigenvalue weighted by Gasteiger charge is -2.08. The van der Waals surface area contributed by atoms with E-state index in [0.717, 1.165) is 16.7 Å². The fourth-order valence-corrected chi connectivity index (χ4v) is 2.33. The van der Waals surface area contributed by atoms with Crippen LogP contribution in [-0.4, -0.2) is 20.9 Å². The lowest BCUT2D eigenvalue weighted by Crippen LogP contribution is -1.97. The Bertz CT molecular complexity index is 918. The Balaban J connectivity index is 2.04. The van der Waals surface area contributed by atoms with Gasteiger partial charge in [-0.25, -0.2) is 9.48 Å². The normalized spacial score (nSPS) is 10.3. The lowest BCUT2D eigenvalue weighted by molar-refractivity contribution is 0.0697. The van der Waals surface area contributed by atoms with Gasteiger partial charge in [0.15, 0.2) is 0 Å². The zero-order valence-corrected chi connectivity index (χ0v) is 12.4. The SMILES string of the molecule is Cc1ccc(-c2ccc(-n3cc(C(=O)O)cn3)cc2C#N)cc1. The second-order valence-electron chi connectivity index (χ2n) is 5.19. The molecule has 0 fully saturated rings. The Morgan fingerprint density at radius 1 is 1.22 bits per heavy atom. The first kappa shape index (κ1) is 14.5. The molecule has 0 saturated heterocycles. The molecule has 5 nitrogen and oxygen atoms in total. The summed E-state index contributed by atoms with van der Waals surface area (Å²) in [4.78, 5) is 10.9. The molecule has 1 heterocycles. The van der Waals surface area contributed by atoms with Crippen LogP contribution in [0, 0.1) is 18.3 Å². The van der Waals surface area contributed by atoms with Gasteiger partial charge in [-0.05, 0) is 30.2 Å². The van der Waals surface area contributed by atoms with Gasteiger partial charge in [-0.3, -0.25) is 0 Å². The van der Waals surface area contributed by atoms with Gasteiger partial charge in [0.1, 0.15) is 0 Å². The number of hydrogen-bond donors (Lipinski definition) is 1. The van der Waals surface area contributed by atoms with Crippen molar-refractivity contribution in [2.75, 3.05) is 0 Å². The van der Waals surface area contributed by atoms with Crippen LogP contribution in [0.3, 0.4) is 0 Å². The first-order valence-corrected chi connectivity index (χ1v) is 6.98. The molecular formula is C18H13N3O2. The third kappa shape index (κ3) is 2.83. The largest absolute Gasteiger partial charge is 0.478 e. The van der Waals surface area contributed by atoms with Gasteiger partial charge >= 0.3 is 5.97 Å². The summed E-state index contributed by atoms with van der Waals surface area (Å²) in [6.07, 6.45) is 2.70. The summed E-state index contributed by atoms with van der Waals surface area (Å²) >= 11 is 0. The number of aromatic nitrogens is 2. The van der Waals surface area contributed by atoms with E-state index in [2.05, 4.69) is 11.2 Å². The van der Waals surface area contributed by atoms with Crippen molar-refractivity contribution in [3.05, 3.63) is 71.5 Å². The van der Waals surface area contributed by atoms with Gasteiger partial charge in [0.25, 0.3) is 0 Å². The standard InChI is InChI=1S/C18H13N3O2/c1-12-2-4-13(5-3-12)17-7-6-16(8-14(17)9-19)21-11-15(10-20-21)18(22)23/h2-8,10-11H,1H3,(H,22,23). The summed E-state index contributed by atoms with van der Waals surface area (Å²) in [6.45, 7) is 2.01. The molecule has 1 aromatic heterocycles. The molecule has 0 aliphatic heterocycles. The number of nitriles is 1. The van der Waals surface area contributed by atoms with Gasteiger partial charge in [0.05, 0.1) is 29.1 Å². The highest BCUT2D eigenvalue weighted by atomic mass is 16.4. The molecule has 23 heavy (non-hydrogen) atoms. The van der Waals surface area contributed by atoms with Crippen molar-refractivity contribution in [1.29, 1.82) is 5.26 Å². The number of carboxylic acids is 1. The Labute approximate surface area is 133 Å². The average molecular weight is 303 g/mol. The van der Waals surface area contributed by atoms with Gasteiger partial charge in [0.2, 0.25) is 0 Å². The molecule has 0 radical (unpaired) electrons. The number of carbonyl (C=O) groups is 1. The zero-order chi connectivity index (χ0) is 16.4. The Kier molecular flexibility index (Phi) is 3.65. The first-order chi connectivity index (χ1) is 11.1. The topological polar surface area (TPSA) is 78.9 Å². The van der Waals surface area contributed by atoms with Crippen LogP contribution >= 0.6 is 0 Å². The molecule has 1 N–H and O–H groups in total. The van der Waals surface area contributed by atoms with E-state index in [0.29, 0.717) is 11.3 Å². The molecule has 0 aliphatic rings. The second-order valence-corrected chi connectivity index (χ2v) is 5.19. The van der Waals surface area contributed by atoms with Crippen LogP contribution < -0.4 is 0 Å². The first-order valence-electron chi connectivity index (χ1n) is 6.98. The third-order valence-electron chi connectivity index (χ3n) is 3.58. The van der Waals surface area contributed by atoms with Crippen molar-refractivity contribution >= 4 is 5.97 Å². The van der Waals surface area contributed by atoms with Crippen molar-refractivity contribution in [3.63, 3.8) is 0 Å². The van der Waals surface area contributed by atoms with E-state index >= 15 is 0 Å². The number of rotatable bonds is 3. The van der Waals surface area contributed by atoms with Crippen molar-refractivity contribution in [3.8, 4) is 22.9 Å². The van der Waals surface area contributed by atoms with Gasteiger partial charge in [-0.2, -0.15) is 10.4 Å². The van der Waals surface area contributed by atoms with Crippen LogP contribution in [0.1, 0.15) is 21.5 Å². The smallest absolute Gasteiger partial charge is 0.338 e. The van der Waals surface area contributed by atoms with Gasteiger partial charge in [-0.1, -0.05) is 35.9 Å². The van der Waals surface area contributed by atoms with Crippen molar-refractivity contribution in [1.82, 2.24) is 9.78 Å². The van der Waals surface area contributed by atoms with Crippen LogP contribution in [0.5, 0.6) is 0 Å². The minimum atomic E-state index is -1.03. The molecule has 0 atom stereocenters. The van der Waals surface area contributed by atoms with Gasteiger partial charge in [-0.15, -0.1) is 0 Å². The minimum Gasteiger partial charge on any atom is -0.478 e. The molecule has 0 amide bonds. The van der Waals surface area contributed by atoms with E-state index < -0.39 is 5.97 Å². The molecule has 3 rings (SSSR count). The predicted octanol–water partition coefficient (Wildman–Crippen LogP) is 3.42. The molecular weight excluding hydrogens is 290 g/mol. The molecule has 0 unspecified atom stereocenters. The Morgan fingerprint density at radius 2 is 1.96 bits per heavy atom. The highest BCUT2D eigenvalue weighted by Crippen LogP contribution is 2.26. The maximum Gasteiger partial charge on any atom is 0.338 e. The average Bonchev–Trinajstić information content (AvgIpc) is 3.05. The summed E-state index contributed by atoms with van der Waals surface area (Å²) < 4.78 is 1.45. The van der Waals surface area contributed by atoms with E-state index in [1.165, 1.54) is 17.1 Å². The highest BCUT2D eigenvalue weighted by Gasteiger charge is 2.10. The van der Waals surface area contributed by atoms with E-state index in [1.54, 1.807) is 6.07 Å². The third-order valence-corrected chi connectivity index (χ3v) is 3.58. The van der Waals surface area contributed by atoms with E-state index in [-0.39, 0.29) is 5.56 Å². The Hall–Kier alpha value is -3.39. The van der Waals surface area contributed by atoms with Crippen molar-refractivity contribution < 1.29 is 9.90 Å². The fourth-order valence-electron chi connectivity index (χ4n) is 2.33. The maximum absolute atomic E-state index is 10.9. The lowest BCUT2D eigenvalue weighted by atomic mass is 9.99. The van der Waals surface area contributed by atoms with E-state index in [1.807, 2.05) is 43.3 Å². The van der Waals surface area contributed by atoms with Crippen LogP contribution in [0.4, 0.5) is 0 Å². The van der Waals surface area contributed by atoms with E-state index in [4.69, 9.17) is 5.11 Å². The molecule has 0 spiro atoms. The van der Waals surface area contributed by atoms with Crippen molar-refractivity contribution in [2.45, 2.75) is 6.92 Å². The monoisotopic (exact) mass is 303 g/mol.